The molecule has 0 radical (unpaired) electrons. The van der Waals surface area contributed by atoms with Crippen LogP contribution >= 0.6 is 0 Å². The number of hydrazine groups is 1. The Labute approximate surface area is 115 Å². The molecule has 0 saturated heterocycles. The summed E-state index contributed by atoms with van der Waals surface area (Å²) in [5.74, 6) is 5.49. The van der Waals surface area contributed by atoms with Crippen LogP contribution in [0.15, 0.2) is 36.4 Å². The summed E-state index contributed by atoms with van der Waals surface area (Å²) in [5.41, 5.74) is 3.59. The van der Waals surface area contributed by atoms with E-state index in [0.29, 0.717) is 18.8 Å². The number of carbonyl (C=O) groups is 1. The molecule has 0 aliphatic carbocycles. The van der Waals surface area contributed by atoms with E-state index in [1.54, 1.807) is 18.2 Å². The highest BCUT2D eigenvalue weighted by atomic mass is 16.3. The number of rotatable bonds is 5. The Balaban J connectivity index is 1.83. The van der Waals surface area contributed by atoms with Crippen molar-refractivity contribution < 1.29 is 9.90 Å². The average Bonchev–Trinajstić information content (AvgIpc) is 2.49. The lowest BCUT2D eigenvalue weighted by atomic mass is 10.1. The predicted molar refractivity (Wildman–Crippen MR) is 74.0 cm³/mol. The van der Waals surface area contributed by atoms with Crippen molar-refractivity contribution >= 4 is 11.7 Å². The molecule has 2 rings (SSSR count). The lowest BCUT2D eigenvalue weighted by molar-refractivity contribution is 0.0948. The van der Waals surface area contributed by atoms with Crippen LogP contribution in [0.1, 0.15) is 16.1 Å². The molecule has 0 bridgehead atoms. The van der Waals surface area contributed by atoms with Gasteiger partial charge in [-0.25, -0.2) is 5.84 Å². The number of phenols is 1. The summed E-state index contributed by atoms with van der Waals surface area (Å²) >= 11 is 0. The van der Waals surface area contributed by atoms with Crippen molar-refractivity contribution in [3.05, 3.63) is 47.7 Å². The van der Waals surface area contributed by atoms with Crippen molar-refractivity contribution in [1.29, 1.82) is 0 Å². The highest BCUT2D eigenvalue weighted by Crippen LogP contribution is 2.09. The highest BCUT2D eigenvalue weighted by molar-refractivity contribution is 5.92. The number of hydrogen-bond donors (Lipinski definition) is 4. The second kappa shape index (κ2) is 6.48. The van der Waals surface area contributed by atoms with Crippen molar-refractivity contribution in [3.8, 4) is 5.75 Å². The molecule has 1 aromatic heterocycles. The Kier molecular flexibility index (Phi) is 4.46. The van der Waals surface area contributed by atoms with E-state index in [-0.39, 0.29) is 17.4 Å². The van der Waals surface area contributed by atoms with Gasteiger partial charge in [-0.2, -0.15) is 0 Å². The summed E-state index contributed by atoms with van der Waals surface area (Å²) in [6.07, 6.45) is 0.669. The van der Waals surface area contributed by atoms with E-state index in [9.17, 15) is 4.79 Å². The fraction of sp³-hybridized carbons (Fsp3) is 0.154. The first kappa shape index (κ1) is 13.8. The average molecular weight is 273 g/mol. The molecule has 0 saturated carbocycles. The van der Waals surface area contributed by atoms with Crippen LogP contribution in [0.3, 0.4) is 0 Å². The predicted octanol–water partition coefficient (Wildman–Crippen LogP) is 0.440. The Morgan fingerprint density at radius 1 is 1.15 bits per heavy atom. The van der Waals surface area contributed by atoms with Crippen molar-refractivity contribution in [2.45, 2.75) is 6.42 Å². The molecule has 0 aliphatic rings. The zero-order chi connectivity index (χ0) is 14.4. The van der Waals surface area contributed by atoms with Crippen molar-refractivity contribution in [2.75, 3.05) is 12.0 Å². The molecule has 0 unspecified atom stereocenters. The number of amides is 1. The minimum Gasteiger partial charge on any atom is -0.508 e. The lowest BCUT2D eigenvalue weighted by Crippen LogP contribution is -2.27. The minimum absolute atomic E-state index is 0.224. The van der Waals surface area contributed by atoms with Crippen LogP contribution in [0.4, 0.5) is 5.82 Å². The Morgan fingerprint density at radius 3 is 2.50 bits per heavy atom. The number of benzene rings is 1. The summed E-state index contributed by atoms with van der Waals surface area (Å²) < 4.78 is 0. The number of carbonyl (C=O) groups excluding carboxylic acids is 1. The number of nitrogens with one attached hydrogen (secondary N) is 2. The van der Waals surface area contributed by atoms with Gasteiger partial charge < -0.3 is 15.8 Å². The van der Waals surface area contributed by atoms with Crippen LogP contribution < -0.4 is 16.6 Å². The standard InChI is InChI=1S/C13H15N5O2/c14-16-12-6-5-11(17-18-12)13(20)15-8-7-9-1-3-10(19)4-2-9/h1-6,19H,7-8,14H2,(H,15,20)(H,16,18). The number of nitrogens with two attached hydrogens (primary N) is 1. The maximum atomic E-state index is 11.8. The van der Waals surface area contributed by atoms with E-state index in [2.05, 4.69) is 20.9 Å². The number of hydrogen-bond acceptors (Lipinski definition) is 6. The van der Waals surface area contributed by atoms with Gasteiger partial charge in [-0.1, -0.05) is 12.1 Å². The van der Waals surface area contributed by atoms with Gasteiger partial charge in [0.25, 0.3) is 5.91 Å². The monoisotopic (exact) mass is 273 g/mol. The SMILES string of the molecule is NNc1ccc(C(=O)NCCc2ccc(O)cc2)nn1. The van der Waals surface area contributed by atoms with Crippen molar-refractivity contribution in [1.82, 2.24) is 15.5 Å². The third-order valence-electron chi connectivity index (χ3n) is 2.68. The maximum absolute atomic E-state index is 11.8. The van der Waals surface area contributed by atoms with Crippen LogP contribution in [0.25, 0.3) is 0 Å². The summed E-state index contributed by atoms with van der Waals surface area (Å²) in [5, 5.41) is 19.4. The molecule has 20 heavy (non-hydrogen) atoms. The summed E-state index contributed by atoms with van der Waals surface area (Å²) in [6.45, 7) is 0.474. The summed E-state index contributed by atoms with van der Waals surface area (Å²) in [7, 11) is 0. The molecule has 0 aliphatic heterocycles. The molecule has 0 atom stereocenters. The first-order valence-corrected chi connectivity index (χ1v) is 6.05. The van der Waals surface area contributed by atoms with E-state index in [4.69, 9.17) is 10.9 Å². The van der Waals surface area contributed by atoms with Crippen LogP contribution in [0.5, 0.6) is 5.75 Å². The Hall–Kier alpha value is -2.67. The van der Waals surface area contributed by atoms with Gasteiger partial charge in [0, 0.05) is 6.54 Å². The number of anilines is 1. The van der Waals surface area contributed by atoms with Gasteiger partial charge >= 0.3 is 0 Å². The third kappa shape index (κ3) is 3.66. The second-order valence-corrected chi connectivity index (χ2v) is 4.12. The van der Waals surface area contributed by atoms with E-state index in [0.717, 1.165) is 5.56 Å². The molecular weight excluding hydrogens is 258 g/mol. The molecule has 7 heteroatoms. The fourth-order valence-electron chi connectivity index (χ4n) is 1.60. The topological polar surface area (TPSA) is 113 Å². The number of phenolic OH excluding ortho intramolecular Hbond substituents is 1. The van der Waals surface area contributed by atoms with Crippen LogP contribution in [-0.2, 0) is 6.42 Å². The molecule has 0 spiro atoms. The van der Waals surface area contributed by atoms with Crippen LogP contribution in [0, 0.1) is 0 Å². The van der Waals surface area contributed by atoms with Crippen LogP contribution in [0.2, 0.25) is 0 Å². The Bertz CT molecular complexity index is 568. The second-order valence-electron chi connectivity index (χ2n) is 4.12. The normalized spacial score (nSPS) is 10.1. The van der Waals surface area contributed by atoms with E-state index in [1.165, 1.54) is 6.07 Å². The van der Waals surface area contributed by atoms with Gasteiger partial charge in [0.05, 0.1) is 0 Å². The molecular formula is C13H15N5O2. The van der Waals surface area contributed by atoms with Gasteiger partial charge in [-0.05, 0) is 36.2 Å². The van der Waals surface area contributed by atoms with E-state index in [1.807, 2.05) is 12.1 Å². The van der Waals surface area contributed by atoms with Crippen molar-refractivity contribution in [2.24, 2.45) is 5.84 Å². The number of aromatic hydroxyl groups is 1. The maximum Gasteiger partial charge on any atom is 0.271 e. The molecule has 0 fully saturated rings. The van der Waals surface area contributed by atoms with E-state index >= 15 is 0 Å². The van der Waals surface area contributed by atoms with Crippen molar-refractivity contribution in [3.63, 3.8) is 0 Å². The summed E-state index contributed by atoms with van der Waals surface area (Å²) in [6, 6.07) is 9.95. The van der Waals surface area contributed by atoms with Gasteiger partial charge in [0.1, 0.15) is 5.75 Å². The zero-order valence-corrected chi connectivity index (χ0v) is 10.7. The quantitative estimate of drug-likeness (QED) is 0.464. The number of nitrogens with zero attached hydrogens (tertiary/aromatic N) is 2. The molecule has 7 nitrogen and oxygen atoms in total. The Morgan fingerprint density at radius 2 is 1.90 bits per heavy atom. The van der Waals surface area contributed by atoms with E-state index < -0.39 is 0 Å². The molecule has 1 amide bonds. The molecule has 104 valence electrons. The molecule has 5 N–H and O–H groups in total. The molecule has 1 heterocycles. The first-order valence-electron chi connectivity index (χ1n) is 6.05. The van der Waals surface area contributed by atoms with Crippen LogP contribution in [-0.4, -0.2) is 27.8 Å². The third-order valence-corrected chi connectivity index (χ3v) is 2.68. The smallest absolute Gasteiger partial charge is 0.271 e. The lowest BCUT2D eigenvalue weighted by Gasteiger charge is -2.05. The minimum atomic E-state index is -0.292. The highest BCUT2D eigenvalue weighted by Gasteiger charge is 2.07. The number of nitrogen functional groups attached to an aromatic ring is 1. The van der Waals surface area contributed by atoms with Gasteiger partial charge in [0.15, 0.2) is 11.5 Å². The molecule has 2 aromatic rings. The van der Waals surface area contributed by atoms with Gasteiger partial charge in [-0.3, -0.25) is 4.79 Å². The van der Waals surface area contributed by atoms with Gasteiger partial charge in [-0.15, -0.1) is 10.2 Å². The largest absolute Gasteiger partial charge is 0.508 e. The first-order chi connectivity index (χ1) is 9.69. The van der Waals surface area contributed by atoms with Gasteiger partial charge in [0.2, 0.25) is 0 Å². The molecule has 1 aromatic carbocycles. The number of aromatic nitrogens is 2. The summed E-state index contributed by atoms with van der Waals surface area (Å²) in [4.78, 5) is 11.8. The fourth-order valence-corrected chi connectivity index (χ4v) is 1.60. The zero-order valence-electron chi connectivity index (χ0n) is 10.7.